The quantitative estimate of drug-likeness (QED) is 0.474. The van der Waals surface area contributed by atoms with Crippen LogP contribution in [-0.4, -0.2) is 25.0 Å². The molecule has 0 fully saturated rings. The van der Waals surface area contributed by atoms with E-state index in [0.29, 0.717) is 16.6 Å². The molecule has 0 spiro atoms. The summed E-state index contributed by atoms with van der Waals surface area (Å²) in [5.41, 5.74) is 1.32. The van der Waals surface area contributed by atoms with Crippen LogP contribution in [0.4, 0.5) is 0 Å². The van der Waals surface area contributed by atoms with Crippen LogP contribution < -0.4 is 4.74 Å². The molecule has 0 heterocycles. The van der Waals surface area contributed by atoms with Gasteiger partial charge in [-0.25, -0.2) is 4.79 Å². The van der Waals surface area contributed by atoms with Gasteiger partial charge in [-0.1, -0.05) is 22.5 Å². The summed E-state index contributed by atoms with van der Waals surface area (Å²) >= 11 is 3.23. The summed E-state index contributed by atoms with van der Waals surface area (Å²) in [4.78, 5) is 11.5. The van der Waals surface area contributed by atoms with Crippen LogP contribution in [0.3, 0.4) is 0 Å². The third-order valence-electron chi connectivity index (χ3n) is 1.92. The molecular weight excluding hydrogens is 272 g/mol. The van der Waals surface area contributed by atoms with Crippen LogP contribution in [0, 0.1) is 0 Å². The van der Waals surface area contributed by atoms with Crippen molar-refractivity contribution in [3.63, 3.8) is 0 Å². The van der Waals surface area contributed by atoms with E-state index in [2.05, 4.69) is 22.5 Å². The lowest BCUT2D eigenvalue weighted by molar-refractivity contribution is 0.0541. The van der Waals surface area contributed by atoms with Gasteiger partial charge in [0.15, 0.2) is 0 Å². The molecule has 0 radical (unpaired) electrons. The van der Waals surface area contributed by atoms with E-state index in [1.807, 2.05) is 0 Å². The van der Waals surface area contributed by atoms with Crippen LogP contribution in [0.5, 0.6) is 5.75 Å². The highest BCUT2D eigenvalue weighted by molar-refractivity contribution is 9.09. The lowest BCUT2D eigenvalue weighted by atomic mass is 10.2. The molecule has 1 rings (SSSR count). The van der Waals surface area contributed by atoms with Crippen molar-refractivity contribution in [3.8, 4) is 5.75 Å². The molecule has 0 aliphatic heterocycles. The molecule has 16 heavy (non-hydrogen) atoms. The van der Waals surface area contributed by atoms with E-state index >= 15 is 0 Å². The summed E-state index contributed by atoms with van der Waals surface area (Å²) in [6.45, 7) is 3.95. The molecule has 0 atom stereocenters. The zero-order valence-corrected chi connectivity index (χ0v) is 10.6. The predicted molar refractivity (Wildman–Crippen MR) is 66.2 cm³/mol. The number of alkyl halides is 1. The first-order valence-corrected chi connectivity index (χ1v) is 5.83. The van der Waals surface area contributed by atoms with Crippen molar-refractivity contribution in [2.45, 2.75) is 0 Å². The topological polar surface area (TPSA) is 35.5 Å². The minimum absolute atomic E-state index is 0.232. The van der Waals surface area contributed by atoms with Gasteiger partial charge in [0.1, 0.15) is 12.4 Å². The molecule has 0 aromatic heterocycles. The third kappa shape index (κ3) is 3.70. The van der Waals surface area contributed by atoms with Crippen LogP contribution in [-0.2, 0) is 4.74 Å². The number of benzene rings is 1. The molecule has 0 saturated heterocycles. The Morgan fingerprint density at radius 1 is 1.38 bits per heavy atom. The van der Waals surface area contributed by atoms with E-state index < -0.39 is 0 Å². The highest BCUT2D eigenvalue weighted by Gasteiger charge is 2.07. The fourth-order valence-electron chi connectivity index (χ4n) is 1.02. The van der Waals surface area contributed by atoms with Crippen molar-refractivity contribution >= 4 is 21.9 Å². The van der Waals surface area contributed by atoms with Crippen molar-refractivity contribution in [3.05, 3.63) is 42.0 Å². The molecule has 0 unspecified atom stereocenters. The van der Waals surface area contributed by atoms with Gasteiger partial charge in [-0.05, 0) is 29.8 Å². The number of methoxy groups -OCH3 is 1. The molecule has 0 aliphatic carbocycles. The van der Waals surface area contributed by atoms with Crippen molar-refractivity contribution < 1.29 is 14.3 Å². The summed E-state index contributed by atoms with van der Waals surface area (Å²) in [5.74, 6) is 0.353. The highest BCUT2D eigenvalue weighted by atomic mass is 79.9. The van der Waals surface area contributed by atoms with E-state index in [9.17, 15) is 4.79 Å². The average molecular weight is 285 g/mol. The van der Waals surface area contributed by atoms with Crippen molar-refractivity contribution in [1.29, 1.82) is 0 Å². The van der Waals surface area contributed by atoms with E-state index in [4.69, 9.17) is 9.47 Å². The molecule has 0 amide bonds. The number of rotatable bonds is 5. The number of carbonyl (C=O) groups is 1. The van der Waals surface area contributed by atoms with Crippen LogP contribution in [0.25, 0.3) is 0 Å². The van der Waals surface area contributed by atoms with Gasteiger partial charge in [0, 0.05) is 5.33 Å². The van der Waals surface area contributed by atoms with Gasteiger partial charge in [-0.3, -0.25) is 0 Å². The van der Waals surface area contributed by atoms with E-state index in [0.717, 1.165) is 5.57 Å². The Bertz CT molecular complexity index is 370. The summed E-state index contributed by atoms with van der Waals surface area (Å²) in [7, 11) is 1.58. The summed E-state index contributed by atoms with van der Waals surface area (Å²) in [5, 5.41) is 0.628. The van der Waals surface area contributed by atoms with E-state index in [-0.39, 0.29) is 12.6 Å². The molecular formula is C12H13BrO3. The van der Waals surface area contributed by atoms with Gasteiger partial charge < -0.3 is 9.47 Å². The second-order valence-electron chi connectivity index (χ2n) is 3.19. The lowest BCUT2D eigenvalue weighted by Gasteiger charge is -2.05. The lowest BCUT2D eigenvalue weighted by Crippen LogP contribution is -2.08. The van der Waals surface area contributed by atoms with Crippen molar-refractivity contribution in [2.24, 2.45) is 0 Å². The molecule has 4 heteroatoms. The van der Waals surface area contributed by atoms with E-state index in [1.54, 1.807) is 31.4 Å². The van der Waals surface area contributed by atoms with Crippen LogP contribution >= 0.6 is 15.9 Å². The molecule has 3 nitrogen and oxygen atoms in total. The Morgan fingerprint density at radius 3 is 2.50 bits per heavy atom. The molecule has 1 aromatic rings. The monoisotopic (exact) mass is 284 g/mol. The van der Waals surface area contributed by atoms with Crippen molar-refractivity contribution in [1.82, 2.24) is 0 Å². The summed E-state index contributed by atoms with van der Waals surface area (Å²) < 4.78 is 10.0. The Morgan fingerprint density at radius 2 is 2.00 bits per heavy atom. The molecule has 0 saturated carbocycles. The Labute approximate surface area is 103 Å². The fourth-order valence-corrected chi connectivity index (χ4v) is 1.18. The van der Waals surface area contributed by atoms with Crippen LogP contribution in [0.2, 0.25) is 0 Å². The zero-order chi connectivity index (χ0) is 12.0. The first kappa shape index (κ1) is 12.8. The molecule has 0 aliphatic rings. The number of halogens is 1. The van der Waals surface area contributed by atoms with Gasteiger partial charge in [0.2, 0.25) is 0 Å². The van der Waals surface area contributed by atoms with Gasteiger partial charge in [-0.15, -0.1) is 0 Å². The first-order valence-electron chi connectivity index (χ1n) is 4.71. The SMILES string of the molecule is C=C(CBr)COC(=O)c1ccc(OC)cc1. The summed E-state index contributed by atoms with van der Waals surface area (Å²) in [6, 6.07) is 6.77. The average Bonchev–Trinajstić information content (AvgIpc) is 2.35. The van der Waals surface area contributed by atoms with E-state index in [1.165, 1.54) is 0 Å². The van der Waals surface area contributed by atoms with Gasteiger partial charge in [0.25, 0.3) is 0 Å². The van der Waals surface area contributed by atoms with Gasteiger partial charge in [-0.2, -0.15) is 0 Å². The van der Waals surface area contributed by atoms with Gasteiger partial charge in [0.05, 0.1) is 12.7 Å². The maximum atomic E-state index is 11.5. The summed E-state index contributed by atoms with van der Waals surface area (Å²) in [6.07, 6.45) is 0. The Hall–Kier alpha value is -1.29. The fraction of sp³-hybridized carbons (Fsp3) is 0.250. The minimum Gasteiger partial charge on any atom is -0.497 e. The second kappa shape index (κ2) is 6.33. The molecule has 1 aromatic carbocycles. The number of hydrogen-bond acceptors (Lipinski definition) is 3. The van der Waals surface area contributed by atoms with Crippen molar-refractivity contribution in [2.75, 3.05) is 19.0 Å². The normalized spacial score (nSPS) is 9.62. The number of ether oxygens (including phenoxy) is 2. The maximum absolute atomic E-state index is 11.5. The number of hydrogen-bond donors (Lipinski definition) is 0. The Balaban J connectivity index is 2.56. The smallest absolute Gasteiger partial charge is 0.338 e. The zero-order valence-electron chi connectivity index (χ0n) is 9.03. The standard InChI is InChI=1S/C12H13BrO3/c1-9(7-13)8-16-12(14)10-3-5-11(15-2)6-4-10/h3-6H,1,7-8H2,2H3. The minimum atomic E-state index is -0.357. The largest absolute Gasteiger partial charge is 0.497 e. The molecule has 0 N–H and O–H groups in total. The third-order valence-corrected chi connectivity index (χ3v) is 2.72. The van der Waals surface area contributed by atoms with Gasteiger partial charge >= 0.3 is 5.97 Å². The number of esters is 1. The number of carbonyl (C=O) groups excluding carboxylic acids is 1. The molecule has 86 valence electrons. The Kier molecular flexibility index (Phi) is 5.05. The first-order chi connectivity index (χ1) is 7.67. The van der Waals surface area contributed by atoms with Crippen LogP contribution in [0.1, 0.15) is 10.4 Å². The highest BCUT2D eigenvalue weighted by Crippen LogP contribution is 2.12. The molecule has 0 bridgehead atoms. The predicted octanol–water partition coefficient (Wildman–Crippen LogP) is 2.80. The maximum Gasteiger partial charge on any atom is 0.338 e. The van der Waals surface area contributed by atoms with Crippen LogP contribution in [0.15, 0.2) is 36.4 Å². The second-order valence-corrected chi connectivity index (χ2v) is 3.75.